The summed E-state index contributed by atoms with van der Waals surface area (Å²) in [5.41, 5.74) is 11.2. The number of nitrogens with two attached hydrogens (primary N) is 1. The second kappa shape index (κ2) is 8.39. The average Bonchev–Trinajstić information content (AvgIpc) is 3.12. The van der Waals surface area contributed by atoms with Crippen molar-refractivity contribution in [2.45, 2.75) is 6.92 Å². The Labute approximate surface area is 187 Å². The van der Waals surface area contributed by atoms with Crippen molar-refractivity contribution in [3.05, 3.63) is 83.9 Å². The number of nitrogen functional groups attached to an aromatic ring is 1. The van der Waals surface area contributed by atoms with E-state index in [4.69, 9.17) is 5.73 Å². The predicted octanol–water partition coefficient (Wildman–Crippen LogP) is 3.99. The molecule has 0 saturated heterocycles. The van der Waals surface area contributed by atoms with Gasteiger partial charge in [0, 0.05) is 29.7 Å². The minimum Gasteiger partial charge on any atom is -0.399 e. The van der Waals surface area contributed by atoms with Crippen molar-refractivity contribution in [3.63, 3.8) is 0 Å². The molecular formula is C24H24N4O3S. The smallest absolute Gasteiger partial charge is 0.258 e. The van der Waals surface area contributed by atoms with Gasteiger partial charge >= 0.3 is 0 Å². The molecule has 0 radical (unpaired) electrons. The van der Waals surface area contributed by atoms with Gasteiger partial charge in [-0.2, -0.15) is 0 Å². The zero-order valence-corrected chi connectivity index (χ0v) is 18.6. The first-order chi connectivity index (χ1) is 15.3. The van der Waals surface area contributed by atoms with Gasteiger partial charge in [0.1, 0.15) is 0 Å². The van der Waals surface area contributed by atoms with E-state index in [1.807, 2.05) is 30.3 Å². The van der Waals surface area contributed by atoms with Gasteiger partial charge in [0.15, 0.2) is 0 Å². The van der Waals surface area contributed by atoms with E-state index >= 15 is 0 Å². The van der Waals surface area contributed by atoms with Crippen LogP contribution in [0.4, 0.5) is 22.7 Å². The molecule has 0 saturated carbocycles. The van der Waals surface area contributed by atoms with Crippen LogP contribution in [0.15, 0.2) is 72.8 Å². The molecule has 7 nitrogen and oxygen atoms in total. The van der Waals surface area contributed by atoms with E-state index in [0.29, 0.717) is 34.0 Å². The number of fused-ring (bicyclic) bond motifs is 1. The zero-order chi connectivity index (χ0) is 22.9. The third-order valence-electron chi connectivity index (χ3n) is 5.38. The standard InChI is InChI=1S/C24H24N4O3S/c1-3-32(30,31)28(2)19-12-10-18(11-13-19)26-23(16-7-5-4-6-8-16)22-20-15-17(25)9-14-21(20)27-24(22)29/h4-15,26H,3,25H2,1-2H3,(H,27,29)/b23-22-. The summed E-state index contributed by atoms with van der Waals surface area (Å²) in [5.74, 6) is -0.201. The van der Waals surface area contributed by atoms with Crippen molar-refractivity contribution in [2.75, 3.05) is 33.5 Å². The number of sulfonamides is 1. The van der Waals surface area contributed by atoms with Gasteiger partial charge in [-0.15, -0.1) is 0 Å². The molecule has 0 aliphatic carbocycles. The summed E-state index contributed by atoms with van der Waals surface area (Å²) < 4.78 is 25.6. The van der Waals surface area contributed by atoms with Crippen molar-refractivity contribution in [2.24, 2.45) is 0 Å². The van der Waals surface area contributed by atoms with Crippen LogP contribution in [-0.4, -0.2) is 27.1 Å². The van der Waals surface area contributed by atoms with Crippen LogP contribution in [0.2, 0.25) is 0 Å². The Morgan fingerprint density at radius 2 is 1.72 bits per heavy atom. The minimum absolute atomic E-state index is 0.0193. The van der Waals surface area contributed by atoms with Crippen molar-refractivity contribution in [1.82, 2.24) is 0 Å². The lowest BCUT2D eigenvalue weighted by molar-refractivity contribution is -0.110. The minimum atomic E-state index is -3.35. The van der Waals surface area contributed by atoms with E-state index in [0.717, 1.165) is 11.1 Å². The number of anilines is 4. The first kappa shape index (κ1) is 21.5. The number of carbonyl (C=O) groups excluding carboxylic acids is 1. The van der Waals surface area contributed by atoms with Crippen LogP contribution in [0.1, 0.15) is 18.1 Å². The monoisotopic (exact) mass is 448 g/mol. The quantitative estimate of drug-likeness (QED) is 0.391. The Kier molecular flexibility index (Phi) is 5.63. The number of rotatable bonds is 6. The van der Waals surface area contributed by atoms with E-state index < -0.39 is 10.0 Å². The zero-order valence-electron chi connectivity index (χ0n) is 17.8. The van der Waals surface area contributed by atoms with E-state index in [1.165, 1.54) is 11.4 Å². The van der Waals surface area contributed by atoms with E-state index in [1.54, 1.807) is 49.4 Å². The summed E-state index contributed by atoms with van der Waals surface area (Å²) in [6.07, 6.45) is 0. The highest BCUT2D eigenvalue weighted by Gasteiger charge is 2.28. The molecule has 0 atom stereocenters. The van der Waals surface area contributed by atoms with Gasteiger partial charge in [0.05, 0.1) is 22.7 Å². The first-order valence-corrected chi connectivity index (χ1v) is 11.8. The summed E-state index contributed by atoms with van der Waals surface area (Å²) >= 11 is 0. The maximum atomic E-state index is 12.9. The van der Waals surface area contributed by atoms with Crippen LogP contribution in [0.5, 0.6) is 0 Å². The number of nitrogens with zero attached hydrogens (tertiary/aromatic N) is 1. The number of carbonyl (C=O) groups is 1. The third-order valence-corrected chi connectivity index (χ3v) is 7.16. The van der Waals surface area contributed by atoms with Gasteiger partial charge in [-0.1, -0.05) is 30.3 Å². The van der Waals surface area contributed by atoms with Gasteiger partial charge in [-0.05, 0) is 55.0 Å². The summed E-state index contributed by atoms with van der Waals surface area (Å²) in [5, 5.41) is 6.25. The van der Waals surface area contributed by atoms with Crippen molar-refractivity contribution >= 4 is 50.0 Å². The maximum absolute atomic E-state index is 12.9. The Morgan fingerprint density at radius 1 is 1.03 bits per heavy atom. The van der Waals surface area contributed by atoms with Crippen LogP contribution in [0, 0.1) is 0 Å². The summed E-state index contributed by atoms with van der Waals surface area (Å²) in [6.45, 7) is 1.61. The topological polar surface area (TPSA) is 105 Å². The lowest BCUT2D eigenvalue weighted by Crippen LogP contribution is -2.27. The molecular weight excluding hydrogens is 424 g/mol. The Hall–Kier alpha value is -3.78. The number of benzene rings is 3. The van der Waals surface area contributed by atoms with Crippen molar-refractivity contribution < 1.29 is 13.2 Å². The molecule has 3 aromatic carbocycles. The molecule has 3 aromatic rings. The molecule has 1 heterocycles. The van der Waals surface area contributed by atoms with Crippen LogP contribution in [-0.2, 0) is 14.8 Å². The molecule has 0 spiro atoms. The van der Waals surface area contributed by atoms with Crippen molar-refractivity contribution in [1.29, 1.82) is 0 Å². The van der Waals surface area contributed by atoms with Crippen LogP contribution >= 0.6 is 0 Å². The molecule has 32 heavy (non-hydrogen) atoms. The molecule has 4 rings (SSSR count). The molecule has 4 N–H and O–H groups in total. The number of hydrogen-bond donors (Lipinski definition) is 3. The van der Waals surface area contributed by atoms with Crippen LogP contribution in [0.25, 0.3) is 11.3 Å². The molecule has 164 valence electrons. The third kappa shape index (κ3) is 4.04. The summed E-state index contributed by atoms with van der Waals surface area (Å²) in [7, 11) is -1.82. The van der Waals surface area contributed by atoms with E-state index in [-0.39, 0.29) is 11.7 Å². The lowest BCUT2D eigenvalue weighted by Gasteiger charge is -2.19. The summed E-state index contributed by atoms with van der Waals surface area (Å²) in [4.78, 5) is 12.9. The largest absolute Gasteiger partial charge is 0.399 e. The molecule has 0 bridgehead atoms. The van der Waals surface area contributed by atoms with Gasteiger partial charge in [0.2, 0.25) is 10.0 Å². The fraction of sp³-hybridized carbons (Fsp3) is 0.125. The Bertz CT molecular complexity index is 1300. The lowest BCUT2D eigenvalue weighted by atomic mass is 9.99. The number of amides is 1. The highest BCUT2D eigenvalue weighted by molar-refractivity contribution is 7.92. The summed E-state index contributed by atoms with van der Waals surface area (Å²) in [6, 6.07) is 21.9. The fourth-order valence-electron chi connectivity index (χ4n) is 3.57. The Balaban J connectivity index is 1.77. The number of nitrogens with one attached hydrogen (secondary N) is 2. The van der Waals surface area contributed by atoms with E-state index in [2.05, 4.69) is 10.6 Å². The molecule has 0 unspecified atom stereocenters. The van der Waals surface area contributed by atoms with Gasteiger partial charge in [-0.3, -0.25) is 9.10 Å². The highest BCUT2D eigenvalue weighted by Crippen LogP contribution is 2.38. The molecule has 0 fully saturated rings. The van der Waals surface area contributed by atoms with Gasteiger partial charge in [0.25, 0.3) is 5.91 Å². The normalized spacial score (nSPS) is 14.5. The first-order valence-electron chi connectivity index (χ1n) is 10.1. The molecule has 1 amide bonds. The van der Waals surface area contributed by atoms with Gasteiger partial charge < -0.3 is 16.4 Å². The van der Waals surface area contributed by atoms with Crippen LogP contribution < -0.4 is 20.7 Å². The fourth-order valence-corrected chi connectivity index (χ4v) is 4.40. The van der Waals surface area contributed by atoms with Crippen LogP contribution in [0.3, 0.4) is 0 Å². The average molecular weight is 449 g/mol. The second-order valence-electron chi connectivity index (χ2n) is 7.42. The van der Waals surface area contributed by atoms with E-state index in [9.17, 15) is 13.2 Å². The SMILES string of the molecule is CCS(=O)(=O)N(C)c1ccc(N/C(=C2\C(=O)Nc3ccc(N)cc32)c2ccccc2)cc1. The predicted molar refractivity (Wildman–Crippen MR) is 131 cm³/mol. The molecule has 1 aliphatic rings. The molecule has 8 heteroatoms. The maximum Gasteiger partial charge on any atom is 0.258 e. The molecule has 1 aliphatic heterocycles. The highest BCUT2D eigenvalue weighted by atomic mass is 32.2. The molecule has 0 aromatic heterocycles. The van der Waals surface area contributed by atoms with Crippen molar-refractivity contribution in [3.8, 4) is 0 Å². The second-order valence-corrected chi connectivity index (χ2v) is 9.70. The Morgan fingerprint density at radius 3 is 2.38 bits per heavy atom. The number of hydrogen-bond acceptors (Lipinski definition) is 5. The van der Waals surface area contributed by atoms with Gasteiger partial charge in [-0.25, -0.2) is 8.42 Å².